The van der Waals surface area contributed by atoms with E-state index in [-0.39, 0.29) is 54.3 Å². The molecule has 4 fully saturated rings. The fourth-order valence-electron chi connectivity index (χ4n) is 6.22. The van der Waals surface area contributed by atoms with Crippen molar-refractivity contribution in [3.05, 3.63) is 5.76 Å². The van der Waals surface area contributed by atoms with Gasteiger partial charge in [-0.1, -0.05) is 13.8 Å². The Morgan fingerprint density at radius 2 is 1.78 bits per heavy atom. The highest BCUT2D eigenvalue weighted by Gasteiger charge is 2.49. The fraction of sp³-hybridized carbons (Fsp3) is 0.769. The lowest BCUT2D eigenvalue weighted by molar-refractivity contribution is -0.137. The monoisotopic (exact) mass is 521 g/mol. The van der Waals surface area contributed by atoms with Crippen molar-refractivity contribution in [2.45, 2.75) is 88.8 Å². The van der Waals surface area contributed by atoms with Gasteiger partial charge < -0.3 is 25.0 Å². The van der Waals surface area contributed by atoms with E-state index in [2.05, 4.69) is 15.8 Å². The van der Waals surface area contributed by atoms with Gasteiger partial charge in [0.05, 0.1) is 5.41 Å². The van der Waals surface area contributed by atoms with Crippen molar-refractivity contribution in [2.75, 3.05) is 13.2 Å². The Hall–Kier alpha value is -2.23. The van der Waals surface area contributed by atoms with E-state index in [0.29, 0.717) is 23.2 Å². The first-order valence-corrected chi connectivity index (χ1v) is 14.0. The van der Waals surface area contributed by atoms with Crippen LogP contribution in [0.15, 0.2) is 9.42 Å². The zero-order chi connectivity index (χ0) is 26.0. The Labute approximate surface area is 216 Å². The van der Waals surface area contributed by atoms with E-state index in [4.69, 9.17) is 14.4 Å². The van der Waals surface area contributed by atoms with Gasteiger partial charge in [-0.15, -0.1) is 11.8 Å². The van der Waals surface area contributed by atoms with E-state index >= 15 is 0 Å². The van der Waals surface area contributed by atoms with Crippen LogP contribution in [-0.4, -0.2) is 52.5 Å². The molecule has 36 heavy (non-hydrogen) atoms. The molecule has 1 aromatic rings. The number of nitrogens with zero attached hydrogens (tertiary/aromatic N) is 1. The maximum absolute atomic E-state index is 13.3. The molecule has 4 bridgehead atoms. The Kier molecular flexibility index (Phi) is 8.22. The average molecular weight is 522 g/mol. The molecule has 4 aliphatic rings. The highest BCUT2D eigenvalue weighted by Crippen LogP contribution is 2.53. The normalized spacial score (nSPS) is 26.8. The predicted molar refractivity (Wildman–Crippen MR) is 135 cm³/mol. The molecule has 0 aromatic carbocycles. The summed E-state index contributed by atoms with van der Waals surface area (Å²) in [6, 6.07) is 0.195. The number of thioether (sulfide) groups is 1. The van der Waals surface area contributed by atoms with Crippen LogP contribution >= 0.6 is 11.8 Å². The van der Waals surface area contributed by atoms with E-state index in [0.717, 1.165) is 11.8 Å². The van der Waals surface area contributed by atoms with E-state index in [9.17, 15) is 14.4 Å². The molecule has 0 spiro atoms. The van der Waals surface area contributed by atoms with Gasteiger partial charge in [-0.2, -0.15) is 0 Å². The second-order valence-corrected chi connectivity index (χ2v) is 13.3. The van der Waals surface area contributed by atoms with Gasteiger partial charge in [0.2, 0.25) is 11.7 Å². The lowest BCUT2D eigenvalue weighted by Crippen LogP contribution is -2.55. The maximum atomic E-state index is 13.3. The van der Waals surface area contributed by atoms with Crippen molar-refractivity contribution in [1.82, 2.24) is 15.8 Å². The van der Waals surface area contributed by atoms with Gasteiger partial charge in [0.1, 0.15) is 11.5 Å². The van der Waals surface area contributed by atoms with Gasteiger partial charge in [-0.3, -0.25) is 14.4 Å². The van der Waals surface area contributed by atoms with Gasteiger partial charge in [0.15, 0.2) is 0 Å². The minimum Gasteiger partial charge on any atom is -0.481 e. The van der Waals surface area contributed by atoms with E-state index in [1.165, 1.54) is 43.9 Å². The second kappa shape index (κ2) is 11.0. The van der Waals surface area contributed by atoms with Crippen LogP contribution in [0.5, 0.6) is 5.88 Å². The molecule has 4 saturated carbocycles. The zero-order valence-electron chi connectivity index (χ0n) is 21.7. The maximum Gasteiger partial charge on any atom is 0.303 e. The van der Waals surface area contributed by atoms with Crippen LogP contribution in [0.4, 0.5) is 0 Å². The van der Waals surface area contributed by atoms with Crippen LogP contribution in [0.25, 0.3) is 0 Å². The van der Waals surface area contributed by atoms with E-state index in [1.54, 1.807) is 13.8 Å². The number of hydrogen-bond acceptors (Lipinski definition) is 7. The minimum absolute atomic E-state index is 0.000285. The van der Waals surface area contributed by atoms with Gasteiger partial charge in [0, 0.05) is 24.3 Å². The number of carboxylic acid groups (broad SMARTS) is 1. The third-order valence-corrected chi connectivity index (χ3v) is 8.81. The molecular weight excluding hydrogens is 482 g/mol. The van der Waals surface area contributed by atoms with Crippen LogP contribution in [-0.2, 0) is 9.59 Å². The summed E-state index contributed by atoms with van der Waals surface area (Å²) < 4.78 is 11.4. The molecule has 1 heterocycles. The summed E-state index contributed by atoms with van der Waals surface area (Å²) in [5.41, 5.74) is -0.884. The average Bonchev–Trinajstić information content (AvgIpc) is 3.18. The minimum atomic E-state index is -0.892. The van der Waals surface area contributed by atoms with Crippen LogP contribution in [0.2, 0.25) is 0 Å². The first-order valence-electron chi connectivity index (χ1n) is 13.1. The summed E-state index contributed by atoms with van der Waals surface area (Å²) in [7, 11) is 0. The number of carbonyl (C=O) groups excluding carboxylic acids is 2. The fourth-order valence-corrected chi connectivity index (χ4v) is 7.12. The highest BCUT2D eigenvalue weighted by atomic mass is 32.2. The first-order chi connectivity index (χ1) is 17.0. The number of ether oxygens (including phenoxy) is 1. The Morgan fingerprint density at radius 1 is 1.14 bits per heavy atom. The lowest BCUT2D eigenvalue weighted by Gasteiger charge is -2.54. The summed E-state index contributed by atoms with van der Waals surface area (Å²) in [5.74, 6) is 1.79. The molecule has 5 rings (SSSR count). The molecule has 4 aliphatic carbocycles. The Balaban J connectivity index is 1.39. The molecule has 0 unspecified atom stereocenters. The van der Waals surface area contributed by atoms with Crippen LogP contribution in [0, 0.1) is 29.1 Å². The molecule has 2 amide bonds. The Bertz CT molecular complexity index is 947. The molecule has 0 radical (unpaired) electrons. The SMILES string of the molecule is CC(C)Sc1c(OCC(C)(C)C(=O)NCCCC(=O)O)noc1C(=O)NC1C2CC3CC(C2)CC1C3. The molecule has 200 valence electrons. The van der Waals surface area contributed by atoms with Crippen LogP contribution in [0.1, 0.15) is 83.2 Å². The van der Waals surface area contributed by atoms with Crippen molar-refractivity contribution in [2.24, 2.45) is 29.1 Å². The molecule has 0 aliphatic heterocycles. The number of aromatic nitrogens is 1. The smallest absolute Gasteiger partial charge is 0.303 e. The van der Waals surface area contributed by atoms with Gasteiger partial charge in [0.25, 0.3) is 11.8 Å². The first kappa shape index (κ1) is 26.8. The predicted octanol–water partition coefficient (Wildman–Crippen LogP) is 4.12. The van der Waals surface area contributed by atoms with Crippen molar-refractivity contribution >= 4 is 29.5 Å². The number of hydrogen-bond donors (Lipinski definition) is 3. The third kappa shape index (κ3) is 6.18. The van der Waals surface area contributed by atoms with Gasteiger partial charge in [-0.25, -0.2) is 0 Å². The summed E-state index contributed by atoms with van der Waals surface area (Å²) >= 11 is 1.46. The molecule has 3 N–H and O–H groups in total. The summed E-state index contributed by atoms with van der Waals surface area (Å²) in [6.45, 7) is 7.85. The van der Waals surface area contributed by atoms with Crippen molar-refractivity contribution in [3.63, 3.8) is 0 Å². The van der Waals surface area contributed by atoms with Crippen molar-refractivity contribution in [3.8, 4) is 5.88 Å². The number of amides is 2. The number of rotatable bonds is 12. The number of carboxylic acids is 1. The zero-order valence-corrected chi connectivity index (χ0v) is 22.5. The Morgan fingerprint density at radius 3 is 2.36 bits per heavy atom. The third-order valence-electron chi connectivity index (χ3n) is 7.74. The van der Waals surface area contributed by atoms with Crippen molar-refractivity contribution in [1.29, 1.82) is 0 Å². The molecule has 0 saturated heterocycles. The van der Waals surface area contributed by atoms with Crippen LogP contribution in [0.3, 0.4) is 0 Å². The molecule has 9 nitrogen and oxygen atoms in total. The summed E-state index contributed by atoms with van der Waals surface area (Å²) in [4.78, 5) is 37.2. The van der Waals surface area contributed by atoms with Gasteiger partial charge in [-0.05, 0) is 81.2 Å². The number of nitrogens with one attached hydrogen (secondary N) is 2. The molecule has 10 heteroatoms. The van der Waals surface area contributed by atoms with Crippen LogP contribution < -0.4 is 15.4 Å². The lowest BCUT2D eigenvalue weighted by atomic mass is 9.54. The summed E-state index contributed by atoms with van der Waals surface area (Å²) in [5, 5.41) is 19.0. The molecule has 0 atom stereocenters. The number of carbonyl (C=O) groups is 3. The summed E-state index contributed by atoms with van der Waals surface area (Å²) in [6.07, 6.45) is 6.57. The van der Waals surface area contributed by atoms with Gasteiger partial charge >= 0.3 is 5.97 Å². The highest BCUT2D eigenvalue weighted by molar-refractivity contribution is 8.00. The largest absolute Gasteiger partial charge is 0.481 e. The molecular formula is C26H39N3O6S. The quantitative estimate of drug-likeness (QED) is 0.277. The topological polar surface area (TPSA) is 131 Å². The second-order valence-electron chi connectivity index (χ2n) is 11.7. The van der Waals surface area contributed by atoms with Crippen molar-refractivity contribution < 1.29 is 28.8 Å². The number of aliphatic carboxylic acids is 1. The van der Waals surface area contributed by atoms with E-state index < -0.39 is 11.4 Å². The molecule has 1 aromatic heterocycles. The standard InChI is InChI=1S/C26H39N3O6S/c1-14(2)36-22-21(23(32)28-20-17-9-15-8-16(11-17)12-18(20)10-15)35-29-24(22)34-13-26(3,4)25(33)27-7-5-6-19(30)31/h14-18,20H,5-13H2,1-4H3,(H,27,33)(H,28,32)(H,30,31). The van der Waals surface area contributed by atoms with E-state index in [1.807, 2.05) is 13.8 Å².